The Hall–Kier alpha value is -6.48. The summed E-state index contributed by atoms with van der Waals surface area (Å²) in [6.07, 6.45) is 6.97. The van der Waals surface area contributed by atoms with Crippen LogP contribution in [-0.4, -0.2) is 0 Å². The fourth-order valence-electron chi connectivity index (χ4n) is 5.72. The molecule has 2 nitrogen and oxygen atoms in total. The highest BCUT2D eigenvalue weighted by atomic mass is 14.2. The van der Waals surface area contributed by atoms with Crippen LogP contribution in [0.1, 0.15) is 44.5 Å². The first-order valence-corrected chi connectivity index (χ1v) is 15.6. The molecule has 0 aliphatic carbocycles. The highest BCUT2D eigenvalue weighted by molar-refractivity contribution is 5.85. The number of nitriles is 2. The molecule has 47 heavy (non-hydrogen) atoms. The number of allylic oxidation sites excluding steroid dienone is 3. The highest BCUT2D eigenvalue weighted by Gasteiger charge is 2.15. The predicted octanol–water partition coefficient (Wildman–Crippen LogP) is 10.7. The Morgan fingerprint density at radius 1 is 0.340 bits per heavy atom. The molecule has 0 bridgehead atoms. The molecular formula is C45H32N2. The van der Waals surface area contributed by atoms with Crippen molar-refractivity contribution in [3.05, 3.63) is 233 Å². The van der Waals surface area contributed by atoms with Gasteiger partial charge in [0.25, 0.3) is 0 Å². The van der Waals surface area contributed by atoms with Gasteiger partial charge in [0.1, 0.15) is 0 Å². The summed E-state index contributed by atoms with van der Waals surface area (Å²) in [6.45, 7) is 0. The van der Waals surface area contributed by atoms with Gasteiger partial charge in [-0.05, 0) is 74.4 Å². The van der Waals surface area contributed by atoms with E-state index in [2.05, 4.69) is 127 Å². The van der Waals surface area contributed by atoms with E-state index in [1.54, 1.807) is 0 Å². The first kappa shape index (κ1) is 30.5. The van der Waals surface area contributed by atoms with Crippen LogP contribution in [0.4, 0.5) is 0 Å². The van der Waals surface area contributed by atoms with Crippen molar-refractivity contribution in [2.45, 2.75) is 0 Å². The number of hydrogen-bond donors (Lipinski definition) is 0. The second-order valence-electron chi connectivity index (χ2n) is 11.2. The molecule has 0 aliphatic heterocycles. The Bertz CT molecular complexity index is 1860. The quantitative estimate of drug-likeness (QED) is 0.166. The van der Waals surface area contributed by atoms with Gasteiger partial charge < -0.3 is 0 Å². The summed E-state index contributed by atoms with van der Waals surface area (Å²) in [4.78, 5) is 0. The smallest absolute Gasteiger partial charge is 0.0991 e. The molecule has 0 aromatic heterocycles. The highest BCUT2D eigenvalue weighted by Crippen LogP contribution is 2.33. The molecule has 0 heterocycles. The molecular weight excluding hydrogens is 569 g/mol. The SMILES string of the molecule is N#Cc1ccc(C(=CC(C=C(c2ccccc2)c2ccccc2)C=C(c2ccccc2)c2ccccc2)c2ccc(C#N)cc2)cc1. The summed E-state index contributed by atoms with van der Waals surface area (Å²) in [7, 11) is 0. The molecule has 6 rings (SSSR count). The lowest BCUT2D eigenvalue weighted by Crippen LogP contribution is -1.99. The molecule has 0 atom stereocenters. The van der Waals surface area contributed by atoms with E-state index in [1.165, 1.54) is 0 Å². The average Bonchev–Trinajstić information content (AvgIpc) is 3.16. The van der Waals surface area contributed by atoms with Crippen LogP contribution in [0, 0.1) is 28.6 Å². The lowest BCUT2D eigenvalue weighted by Gasteiger charge is -2.17. The molecule has 0 unspecified atom stereocenters. The fraction of sp³-hybridized carbons (Fsp3) is 0.0222. The molecule has 0 amide bonds. The Kier molecular flexibility index (Phi) is 9.75. The second kappa shape index (κ2) is 15.0. The van der Waals surface area contributed by atoms with Gasteiger partial charge in [-0.15, -0.1) is 0 Å². The third kappa shape index (κ3) is 7.61. The first-order chi connectivity index (χ1) is 23.2. The summed E-state index contributed by atoms with van der Waals surface area (Å²) >= 11 is 0. The van der Waals surface area contributed by atoms with E-state index in [9.17, 15) is 10.5 Å². The van der Waals surface area contributed by atoms with Crippen molar-refractivity contribution in [2.75, 3.05) is 0 Å². The summed E-state index contributed by atoms with van der Waals surface area (Å²) in [5.41, 5.74) is 11.0. The van der Waals surface area contributed by atoms with Crippen molar-refractivity contribution in [3.8, 4) is 12.1 Å². The average molecular weight is 601 g/mol. The van der Waals surface area contributed by atoms with Gasteiger partial charge in [-0.2, -0.15) is 10.5 Å². The van der Waals surface area contributed by atoms with Gasteiger partial charge in [0.15, 0.2) is 0 Å². The minimum atomic E-state index is -0.165. The maximum absolute atomic E-state index is 9.51. The monoisotopic (exact) mass is 600 g/mol. The van der Waals surface area contributed by atoms with Crippen molar-refractivity contribution in [2.24, 2.45) is 5.92 Å². The van der Waals surface area contributed by atoms with Gasteiger partial charge in [-0.3, -0.25) is 0 Å². The third-order valence-corrected chi connectivity index (χ3v) is 8.07. The summed E-state index contributed by atoms with van der Waals surface area (Å²) in [6, 6.07) is 61.9. The van der Waals surface area contributed by atoms with E-state index < -0.39 is 0 Å². The first-order valence-electron chi connectivity index (χ1n) is 15.6. The Morgan fingerprint density at radius 3 is 0.809 bits per heavy atom. The molecule has 0 spiro atoms. The molecule has 2 heteroatoms. The lowest BCUT2D eigenvalue weighted by molar-refractivity contribution is 1.07. The zero-order valence-electron chi connectivity index (χ0n) is 25.9. The van der Waals surface area contributed by atoms with Crippen LogP contribution < -0.4 is 0 Å². The van der Waals surface area contributed by atoms with Crippen molar-refractivity contribution < 1.29 is 0 Å². The van der Waals surface area contributed by atoms with Gasteiger partial charge in [-0.25, -0.2) is 0 Å². The van der Waals surface area contributed by atoms with E-state index in [0.717, 1.165) is 50.1 Å². The van der Waals surface area contributed by atoms with E-state index in [-0.39, 0.29) is 5.92 Å². The summed E-state index contributed by atoms with van der Waals surface area (Å²) < 4.78 is 0. The topological polar surface area (TPSA) is 47.6 Å². The maximum atomic E-state index is 9.51. The van der Waals surface area contributed by atoms with Crippen LogP contribution in [0.3, 0.4) is 0 Å². The molecule has 6 aromatic carbocycles. The Morgan fingerprint density at radius 2 is 0.574 bits per heavy atom. The molecule has 0 fully saturated rings. The molecule has 0 radical (unpaired) electrons. The maximum Gasteiger partial charge on any atom is 0.0991 e. The standard InChI is InChI=1S/C45H32N2/c46-32-34-21-25-41(26-22-34)45(42-27-23-35(33-47)24-28-42)31-36(29-43(37-13-5-1-6-14-37)38-15-7-2-8-16-38)30-44(39-17-9-3-10-18-39)40-19-11-4-12-20-40/h1-31,36H. The second-order valence-corrected chi connectivity index (χ2v) is 11.2. The van der Waals surface area contributed by atoms with Gasteiger partial charge in [-0.1, -0.05) is 164 Å². The van der Waals surface area contributed by atoms with Crippen molar-refractivity contribution in [1.82, 2.24) is 0 Å². The molecule has 0 N–H and O–H groups in total. The van der Waals surface area contributed by atoms with E-state index >= 15 is 0 Å². The fourth-order valence-corrected chi connectivity index (χ4v) is 5.72. The lowest BCUT2D eigenvalue weighted by atomic mass is 9.87. The number of hydrogen-bond acceptors (Lipinski definition) is 2. The van der Waals surface area contributed by atoms with Gasteiger partial charge in [0.05, 0.1) is 23.3 Å². The predicted molar refractivity (Wildman–Crippen MR) is 193 cm³/mol. The zero-order valence-corrected chi connectivity index (χ0v) is 25.9. The van der Waals surface area contributed by atoms with Crippen LogP contribution in [-0.2, 0) is 0 Å². The minimum Gasteiger partial charge on any atom is -0.192 e. The van der Waals surface area contributed by atoms with Crippen LogP contribution in [0.15, 0.2) is 188 Å². The van der Waals surface area contributed by atoms with Crippen molar-refractivity contribution in [1.29, 1.82) is 10.5 Å². The van der Waals surface area contributed by atoms with E-state index in [1.807, 2.05) is 72.8 Å². The molecule has 6 aromatic rings. The third-order valence-electron chi connectivity index (χ3n) is 8.07. The van der Waals surface area contributed by atoms with Crippen LogP contribution in [0.25, 0.3) is 16.7 Å². The normalized spacial score (nSPS) is 10.3. The largest absolute Gasteiger partial charge is 0.192 e. The van der Waals surface area contributed by atoms with E-state index in [0.29, 0.717) is 11.1 Å². The Balaban J connectivity index is 1.64. The van der Waals surface area contributed by atoms with Gasteiger partial charge in [0.2, 0.25) is 0 Å². The molecule has 222 valence electrons. The van der Waals surface area contributed by atoms with Crippen LogP contribution >= 0.6 is 0 Å². The van der Waals surface area contributed by atoms with E-state index in [4.69, 9.17) is 0 Å². The molecule has 0 saturated carbocycles. The van der Waals surface area contributed by atoms with Gasteiger partial charge >= 0.3 is 0 Å². The van der Waals surface area contributed by atoms with Crippen molar-refractivity contribution in [3.63, 3.8) is 0 Å². The number of benzene rings is 6. The summed E-state index contributed by atoms with van der Waals surface area (Å²) in [5, 5.41) is 19.0. The molecule has 0 saturated heterocycles. The van der Waals surface area contributed by atoms with Crippen LogP contribution in [0.5, 0.6) is 0 Å². The molecule has 0 aliphatic rings. The summed E-state index contributed by atoms with van der Waals surface area (Å²) in [5.74, 6) is -0.165. The van der Waals surface area contributed by atoms with Crippen molar-refractivity contribution >= 4 is 16.7 Å². The van der Waals surface area contributed by atoms with Gasteiger partial charge in [0, 0.05) is 5.92 Å². The zero-order chi connectivity index (χ0) is 32.3. The minimum absolute atomic E-state index is 0.165. The number of nitrogens with zero attached hydrogens (tertiary/aromatic N) is 2. The van der Waals surface area contributed by atoms with Crippen LogP contribution in [0.2, 0.25) is 0 Å². The number of rotatable bonds is 9. The Labute approximate surface area is 277 Å².